The molecule has 0 spiro atoms. The van der Waals surface area contributed by atoms with Crippen LogP contribution in [0, 0.1) is 0 Å². The third kappa shape index (κ3) is 4.86. The largest absolute Gasteiger partial charge is 0.396 e. The minimum Gasteiger partial charge on any atom is -0.396 e. The highest BCUT2D eigenvalue weighted by Crippen LogP contribution is 2.26. The summed E-state index contributed by atoms with van der Waals surface area (Å²) >= 11 is 9.61. The fourth-order valence-corrected chi connectivity index (χ4v) is 2.70. The number of halogens is 2. The van der Waals surface area contributed by atoms with Crippen LogP contribution in [0.1, 0.15) is 31.4 Å². The maximum absolute atomic E-state index is 8.82. The molecular formula is C13H20BrClN2O. The van der Waals surface area contributed by atoms with Crippen molar-refractivity contribution >= 4 is 27.5 Å². The lowest BCUT2D eigenvalue weighted by Crippen LogP contribution is -2.35. The van der Waals surface area contributed by atoms with E-state index in [1.54, 1.807) is 0 Å². The second kappa shape index (κ2) is 8.12. The Morgan fingerprint density at radius 2 is 2.22 bits per heavy atom. The molecule has 1 rings (SSSR count). The van der Waals surface area contributed by atoms with Gasteiger partial charge >= 0.3 is 0 Å². The molecule has 3 nitrogen and oxygen atoms in total. The Kier molecular flexibility index (Phi) is 7.19. The van der Waals surface area contributed by atoms with E-state index in [9.17, 15) is 0 Å². The zero-order valence-electron chi connectivity index (χ0n) is 10.5. The lowest BCUT2D eigenvalue weighted by atomic mass is 10.0. The fraction of sp³-hybridized carbons (Fsp3) is 0.538. The Morgan fingerprint density at radius 3 is 2.78 bits per heavy atom. The first-order chi connectivity index (χ1) is 8.58. The molecule has 102 valence electrons. The van der Waals surface area contributed by atoms with Gasteiger partial charge in [-0.2, -0.15) is 0 Å². The van der Waals surface area contributed by atoms with Crippen molar-refractivity contribution in [2.45, 2.75) is 31.8 Å². The van der Waals surface area contributed by atoms with Crippen molar-refractivity contribution in [3.63, 3.8) is 0 Å². The van der Waals surface area contributed by atoms with E-state index in [2.05, 4.69) is 28.2 Å². The van der Waals surface area contributed by atoms with Gasteiger partial charge in [0.2, 0.25) is 0 Å². The molecule has 0 amide bonds. The summed E-state index contributed by atoms with van der Waals surface area (Å²) in [5.74, 6) is 0. The summed E-state index contributed by atoms with van der Waals surface area (Å²) in [7, 11) is 0. The van der Waals surface area contributed by atoms with E-state index >= 15 is 0 Å². The van der Waals surface area contributed by atoms with E-state index in [1.807, 2.05) is 18.2 Å². The number of nitrogens with two attached hydrogens (primary N) is 1. The number of hydrogen-bond donors (Lipinski definition) is 3. The van der Waals surface area contributed by atoms with Crippen LogP contribution in [-0.4, -0.2) is 24.3 Å². The van der Waals surface area contributed by atoms with Crippen LogP contribution in [-0.2, 0) is 0 Å². The van der Waals surface area contributed by atoms with Crippen LogP contribution in [0.3, 0.4) is 0 Å². The average molecular weight is 336 g/mol. The van der Waals surface area contributed by atoms with Gasteiger partial charge in [-0.3, -0.25) is 0 Å². The maximum atomic E-state index is 8.82. The smallest absolute Gasteiger partial charge is 0.0465 e. The molecule has 0 aliphatic rings. The number of nitrogens with one attached hydrogen (secondary N) is 1. The molecule has 0 fully saturated rings. The predicted octanol–water partition coefficient (Wildman–Crippen LogP) is 2.85. The molecule has 5 heteroatoms. The highest BCUT2D eigenvalue weighted by Gasteiger charge is 2.15. The Balaban J connectivity index is 2.70. The number of rotatable bonds is 7. The van der Waals surface area contributed by atoms with Crippen molar-refractivity contribution in [2.24, 2.45) is 5.73 Å². The third-order valence-electron chi connectivity index (χ3n) is 2.85. The van der Waals surface area contributed by atoms with Gasteiger partial charge in [0, 0.05) is 34.7 Å². The van der Waals surface area contributed by atoms with Gasteiger partial charge in [-0.1, -0.05) is 33.6 Å². The monoisotopic (exact) mass is 334 g/mol. The lowest BCUT2D eigenvalue weighted by molar-refractivity contribution is 0.274. The summed E-state index contributed by atoms with van der Waals surface area (Å²) in [4.78, 5) is 0. The van der Waals surface area contributed by atoms with Crippen molar-refractivity contribution in [2.75, 3.05) is 13.2 Å². The van der Waals surface area contributed by atoms with Crippen LogP contribution in [0.25, 0.3) is 0 Å². The van der Waals surface area contributed by atoms with Gasteiger partial charge in [-0.15, -0.1) is 0 Å². The molecule has 0 saturated heterocycles. The number of aliphatic hydroxyl groups excluding tert-OH is 1. The molecule has 0 bridgehead atoms. The van der Waals surface area contributed by atoms with E-state index in [-0.39, 0.29) is 12.6 Å². The minimum atomic E-state index is 0.0410. The van der Waals surface area contributed by atoms with Crippen LogP contribution in [0.4, 0.5) is 0 Å². The zero-order chi connectivity index (χ0) is 13.5. The second-order valence-corrected chi connectivity index (χ2v) is 5.71. The first-order valence-electron chi connectivity index (χ1n) is 6.10. The highest BCUT2D eigenvalue weighted by atomic mass is 79.9. The zero-order valence-corrected chi connectivity index (χ0v) is 12.8. The van der Waals surface area contributed by atoms with Crippen LogP contribution < -0.4 is 11.1 Å². The Morgan fingerprint density at radius 1 is 1.50 bits per heavy atom. The molecular weight excluding hydrogens is 316 g/mol. The molecule has 4 N–H and O–H groups in total. The molecule has 0 saturated carbocycles. The number of benzene rings is 1. The first-order valence-corrected chi connectivity index (χ1v) is 7.27. The van der Waals surface area contributed by atoms with Crippen molar-refractivity contribution < 1.29 is 5.11 Å². The molecule has 0 heterocycles. The summed E-state index contributed by atoms with van der Waals surface area (Å²) in [6.07, 6.45) is 1.71. The van der Waals surface area contributed by atoms with E-state index in [4.69, 9.17) is 22.4 Å². The van der Waals surface area contributed by atoms with E-state index in [0.717, 1.165) is 22.9 Å². The summed E-state index contributed by atoms with van der Waals surface area (Å²) in [5.41, 5.74) is 6.82. The van der Waals surface area contributed by atoms with Gasteiger partial charge in [0.1, 0.15) is 0 Å². The lowest BCUT2D eigenvalue weighted by Gasteiger charge is -2.23. The van der Waals surface area contributed by atoms with Gasteiger partial charge in [-0.05, 0) is 37.5 Å². The van der Waals surface area contributed by atoms with Gasteiger partial charge in [-0.25, -0.2) is 0 Å². The van der Waals surface area contributed by atoms with Crippen molar-refractivity contribution in [3.05, 3.63) is 33.3 Å². The van der Waals surface area contributed by atoms with Crippen LogP contribution in [0.2, 0.25) is 5.02 Å². The number of hydrogen-bond acceptors (Lipinski definition) is 3. The molecule has 2 atom stereocenters. The molecule has 1 aromatic carbocycles. The molecule has 18 heavy (non-hydrogen) atoms. The Bertz CT molecular complexity index is 376. The molecule has 0 aliphatic heterocycles. The van der Waals surface area contributed by atoms with Gasteiger partial charge in [0.05, 0.1) is 0 Å². The van der Waals surface area contributed by atoms with Crippen LogP contribution in [0.5, 0.6) is 0 Å². The highest BCUT2D eigenvalue weighted by molar-refractivity contribution is 9.10. The normalized spacial score (nSPS) is 14.5. The van der Waals surface area contributed by atoms with E-state index in [0.29, 0.717) is 17.6 Å². The molecule has 0 aliphatic carbocycles. The summed E-state index contributed by atoms with van der Waals surface area (Å²) < 4.78 is 0.959. The standard InChI is InChI=1S/C13H20BrClN2O/c1-9(3-2-6-18)17-13(8-16)11-5-4-10(14)7-12(11)15/h4-5,7,9,13,17-18H,2-3,6,8,16H2,1H3. The summed E-state index contributed by atoms with van der Waals surface area (Å²) in [6.45, 7) is 2.80. The van der Waals surface area contributed by atoms with Crippen molar-refractivity contribution in [1.29, 1.82) is 0 Å². The molecule has 1 aromatic rings. The average Bonchev–Trinajstić information content (AvgIpc) is 2.34. The topological polar surface area (TPSA) is 58.3 Å². The fourth-order valence-electron chi connectivity index (χ4n) is 1.89. The molecule has 2 unspecified atom stereocenters. The Hall–Kier alpha value is -0.130. The van der Waals surface area contributed by atoms with Gasteiger partial charge in [0.25, 0.3) is 0 Å². The van der Waals surface area contributed by atoms with Crippen molar-refractivity contribution in [3.8, 4) is 0 Å². The van der Waals surface area contributed by atoms with Crippen LogP contribution in [0.15, 0.2) is 22.7 Å². The van der Waals surface area contributed by atoms with E-state index in [1.165, 1.54) is 0 Å². The quantitative estimate of drug-likeness (QED) is 0.718. The van der Waals surface area contributed by atoms with E-state index < -0.39 is 0 Å². The van der Waals surface area contributed by atoms with Crippen molar-refractivity contribution in [1.82, 2.24) is 5.32 Å². The van der Waals surface area contributed by atoms with Gasteiger partial charge < -0.3 is 16.2 Å². The summed E-state index contributed by atoms with van der Waals surface area (Å²) in [6, 6.07) is 6.16. The summed E-state index contributed by atoms with van der Waals surface area (Å²) in [5, 5.41) is 13.0. The SMILES string of the molecule is CC(CCCO)NC(CN)c1ccc(Br)cc1Cl. The Labute approximate surface area is 122 Å². The minimum absolute atomic E-state index is 0.0410. The van der Waals surface area contributed by atoms with Gasteiger partial charge in [0.15, 0.2) is 0 Å². The first kappa shape index (κ1) is 15.9. The number of aliphatic hydroxyl groups is 1. The third-order valence-corrected chi connectivity index (χ3v) is 3.68. The molecule has 0 radical (unpaired) electrons. The maximum Gasteiger partial charge on any atom is 0.0465 e. The van der Waals surface area contributed by atoms with Crippen LogP contribution >= 0.6 is 27.5 Å². The molecule has 0 aromatic heterocycles. The predicted molar refractivity (Wildman–Crippen MR) is 79.9 cm³/mol. The second-order valence-electron chi connectivity index (χ2n) is 4.39.